The second-order valence-corrected chi connectivity index (χ2v) is 3.68. The molecule has 0 saturated carbocycles. The molecular formula is C11H19N3O3. The molecule has 3 N–H and O–H groups in total. The molecule has 0 aliphatic carbocycles. The molecule has 96 valence electrons. The maximum atomic E-state index is 11.8. The summed E-state index contributed by atoms with van der Waals surface area (Å²) in [5.41, 5.74) is 3.91. The lowest BCUT2D eigenvalue weighted by Gasteiger charge is -2.21. The summed E-state index contributed by atoms with van der Waals surface area (Å²) in [6.45, 7) is 3.89. The minimum Gasteiger partial charge on any atom is -0.370 e. The normalized spacial score (nSPS) is 10.6. The van der Waals surface area contributed by atoms with Crippen LogP contribution in [0.3, 0.4) is 0 Å². The third-order valence-corrected chi connectivity index (χ3v) is 2.63. The molecule has 6 nitrogen and oxygen atoms in total. The number of hydrogen-bond acceptors (Lipinski definition) is 4. The molecule has 0 fully saturated rings. The fraction of sp³-hybridized carbons (Fsp3) is 0.727. The lowest BCUT2D eigenvalue weighted by atomic mass is 9.83. The summed E-state index contributed by atoms with van der Waals surface area (Å²) in [6, 6.07) is 2.05. The van der Waals surface area contributed by atoms with Gasteiger partial charge in [-0.05, 0) is 12.8 Å². The van der Waals surface area contributed by atoms with Crippen molar-refractivity contribution in [3.05, 3.63) is 0 Å². The summed E-state index contributed by atoms with van der Waals surface area (Å²) < 4.78 is 4.89. The first kappa shape index (κ1) is 15.4. The van der Waals surface area contributed by atoms with Gasteiger partial charge in [0, 0.05) is 6.54 Å². The van der Waals surface area contributed by atoms with Crippen molar-refractivity contribution >= 4 is 11.8 Å². The number of ether oxygens (including phenoxy) is 1. The van der Waals surface area contributed by atoms with Crippen LogP contribution in [0.2, 0.25) is 0 Å². The molecule has 0 spiro atoms. The first-order valence-electron chi connectivity index (χ1n) is 5.58. The highest BCUT2D eigenvalue weighted by atomic mass is 16.5. The van der Waals surface area contributed by atoms with Crippen molar-refractivity contribution in [1.82, 2.24) is 5.32 Å². The summed E-state index contributed by atoms with van der Waals surface area (Å²) in [7, 11) is 0. The standard InChI is InChI=1S/C11H19N3O3/c1-3-11(4-2,8-12)10(16)14-5-6-17-7-9(13)15/h3-7H2,1-2H3,(H2,13,15)(H,14,16). The first-order chi connectivity index (χ1) is 8.02. The van der Waals surface area contributed by atoms with Crippen LogP contribution < -0.4 is 11.1 Å². The van der Waals surface area contributed by atoms with Crippen LogP contribution in [-0.4, -0.2) is 31.6 Å². The summed E-state index contributed by atoms with van der Waals surface area (Å²) in [5, 5.41) is 11.6. The Morgan fingerprint density at radius 3 is 2.41 bits per heavy atom. The molecule has 0 heterocycles. The van der Waals surface area contributed by atoms with Gasteiger partial charge < -0.3 is 15.8 Å². The Hall–Kier alpha value is -1.61. The average Bonchev–Trinajstić information content (AvgIpc) is 2.31. The molecule has 0 atom stereocenters. The molecule has 0 aromatic carbocycles. The van der Waals surface area contributed by atoms with Gasteiger partial charge in [-0.1, -0.05) is 13.8 Å². The number of nitrogens with zero attached hydrogens (tertiary/aromatic N) is 1. The minimum absolute atomic E-state index is 0.166. The van der Waals surface area contributed by atoms with Crippen molar-refractivity contribution in [3.63, 3.8) is 0 Å². The van der Waals surface area contributed by atoms with Gasteiger partial charge in [0.05, 0.1) is 12.7 Å². The number of primary amides is 1. The molecule has 0 aromatic rings. The Bertz CT molecular complexity index is 306. The van der Waals surface area contributed by atoms with Crippen LogP contribution in [0.25, 0.3) is 0 Å². The Kier molecular flexibility index (Phi) is 6.91. The number of hydrogen-bond donors (Lipinski definition) is 2. The largest absolute Gasteiger partial charge is 0.370 e. The molecule has 6 heteroatoms. The van der Waals surface area contributed by atoms with Crippen molar-refractivity contribution < 1.29 is 14.3 Å². The van der Waals surface area contributed by atoms with Gasteiger partial charge in [-0.25, -0.2) is 0 Å². The van der Waals surface area contributed by atoms with Crippen LogP contribution in [0.4, 0.5) is 0 Å². The number of amides is 2. The maximum absolute atomic E-state index is 11.8. The third kappa shape index (κ3) is 4.83. The second-order valence-electron chi connectivity index (χ2n) is 3.68. The Balaban J connectivity index is 4.01. The van der Waals surface area contributed by atoms with Gasteiger partial charge >= 0.3 is 0 Å². The lowest BCUT2D eigenvalue weighted by molar-refractivity contribution is -0.128. The maximum Gasteiger partial charge on any atom is 0.243 e. The highest BCUT2D eigenvalue weighted by Gasteiger charge is 2.34. The SMILES string of the molecule is CCC(C#N)(CC)C(=O)NCCOCC(N)=O. The van der Waals surface area contributed by atoms with Crippen molar-refractivity contribution in [2.45, 2.75) is 26.7 Å². The topological polar surface area (TPSA) is 105 Å². The molecule has 17 heavy (non-hydrogen) atoms. The van der Waals surface area contributed by atoms with Gasteiger partial charge in [0.15, 0.2) is 0 Å². The Labute approximate surface area is 101 Å². The summed E-state index contributed by atoms with van der Waals surface area (Å²) in [6.07, 6.45) is 0.932. The molecule has 0 saturated heterocycles. The van der Waals surface area contributed by atoms with Crippen LogP contribution in [0.15, 0.2) is 0 Å². The van der Waals surface area contributed by atoms with Gasteiger partial charge in [-0.2, -0.15) is 5.26 Å². The summed E-state index contributed by atoms with van der Waals surface area (Å²) in [4.78, 5) is 22.1. The van der Waals surface area contributed by atoms with Crippen molar-refractivity contribution in [1.29, 1.82) is 5.26 Å². The Morgan fingerprint density at radius 2 is 2.00 bits per heavy atom. The molecule has 2 amide bonds. The lowest BCUT2D eigenvalue weighted by Crippen LogP contribution is -2.41. The highest BCUT2D eigenvalue weighted by Crippen LogP contribution is 2.25. The van der Waals surface area contributed by atoms with Gasteiger partial charge in [-0.3, -0.25) is 9.59 Å². The number of carbonyl (C=O) groups excluding carboxylic acids is 2. The van der Waals surface area contributed by atoms with Crippen molar-refractivity contribution in [2.24, 2.45) is 11.1 Å². The van der Waals surface area contributed by atoms with Gasteiger partial charge in [-0.15, -0.1) is 0 Å². The number of rotatable bonds is 8. The van der Waals surface area contributed by atoms with Crippen LogP contribution in [0.5, 0.6) is 0 Å². The zero-order chi connectivity index (χ0) is 13.3. The highest BCUT2D eigenvalue weighted by molar-refractivity contribution is 5.85. The fourth-order valence-corrected chi connectivity index (χ4v) is 1.36. The van der Waals surface area contributed by atoms with E-state index in [0.29, 0.717) is 12.8 Å². The molecule has 0 aromatic heterocycles. The quantitative estimate of drug-likeness (QED) is 0.580. The molecule has 0 aliphatic heterocycles. The third-order valence-electron chi connectivity index (χ3n) is 2.63. The molecule has 0 aliphatic rings. The van der Waals surface area contributed by atoms with Gasteiger partial charge in [0.2, 0.25) is 11.8 Å². The summed E-state index contributed by atoms with van der Waals surface area (Å²) in [5.74, 6) is -0.850. The number of nitriles is 1. The van der Waals surface area contributed by atoms with E-state index in [1.165, 1.54) is 0 Å². The zero-order valence-corrected chi connectivity index (χ0v) is 10.3. The van der Waals surface area contributed by atoms with Crippen LogP contribution in [0.1, 0.15) is 26.7 Å². The zero-order valence-electron chi connectivity index (χ0n) is 10.3. The van der Waals surface area contributed by atoms with Crippen LogP contribution in [0, 0.1) is 16.7 Å². The van der Waals surface area contributed by atoms with E-state index in [1.54, 1.807) is 13.8 Å². The Morgan fingerprint density at radius 1 is 1.41 bits per heavy atom. The number of nitrogens with one attached hydrogen (secondary N) is 1. The second kappa shape index (κ2) is 7.63. The van der Waals surface area contributed by atoms with Crippen molar-refractivity contribution in [2.75, 3.05) is 19.8 Å². The summed E-state index contributed by atoms with van der Waals surface area (Å²) >= 11 is 0. The predicted octanol–water partition coefficient (Wildman–Crippen LogP) is -0.0655. The number of nitrogens with two attached hydrogens (primary N) is 1. The van der Waals surface area contributed by atoms with E-state index >= 15 is 0 Å². The van der Waals surface area contributed by atoms with Gasteiger partial charge in [0.1, 0.15) is 12.0 Å². The molecule has 0 bridgehead atoms. The number of carbonyl (C=O) groups is 2. The molecular weight excluding hydrogens is 222 g/mol. The van der Waals surface area contributed by atoms with Gasteiger partial charge in [0.25, 0.3) is 0 Å². The van der Waals surface area contributed by atoms with E-state index in [9.17, 15) is 9.59 Å². The van der Waals surface area contributed by atoms with Crippen molar-refractivity contribution in [3.8, 4) is 6.07 Å². The van der Waals surface area contributed by atoms with Crippen LogP contribution >= 0.6 is 0 Å². The van der Waals surface area contributed by atoms with E-state index in [-0.39, 0.29) is 25.7 Å². The van der Waals surface area contributed by atoms with E-state index in [0.717, 1.165) is 0 Å². The molecule has 0 unspecified atom stereocenters. The molecule has 0 rings (SSSR count). The van der Waals surface area contributed by atoms with E-state index in [2.05, 4.69) is 5.32 Å². The van der Waals surface area contributed by atoms with E-state index < -0.39 is 11.3 Å². The fourth-order valence-electron chi connectivity index (χ4n) is 1.36. The first-order valence-corrected chi connectivity index (χ1v) is 5.58. The minimum atomic E-state index is -0.969. The van der Waals surface area contributed by atoms with Crippen LogP contribution in [-0.2, 0) is 14.3 Å². The predicted molar refractivity (Wildman–Crippen MR) is 61.7 cm³/mol. The smallest absolute Gasteiger partial charge is 0.243 e. The van der Waals surface area contributed by atoms with E-state index in [4.69, 9.17) is 15.7 Å². The van der Waals surface area contributed by atoms with E-state index in [1.807, 2.05) is 6.07 Å². The molecule has 0 radical (unpaired) electrons. The average molecular weight is 241 g/mol. The monoisotopic (exact) mass is 241 g/mol.